The fourth-order valence-electron chi connectivity index (χ4n) is 2.47. The number of anilines is 1. The van der Waals surface area contributed by atoms with Crippen LogP contribution in [0.3, 0.4) is 0 Å². The number of rotatable bonds is 5. The number of benzene rings is 1. The summed E-state index contributed by atoms with van der Waals surface area (Å²) in [5.41, 5.74) is 3.21. The van der Waals surface area contributed by atoms with Crippen LogP contribution < -0.4 is 10.2 Å². The van der Waals surface area contributed by atoms with Gasteiger partial charge in [0.25, 0.3) is 0 Å². The molecule has 0 aliphatic carbocycles. The molecule has 0 saturated carbocycles. The summed E-state index contributed by atoms with van der Waals surface area (Å²) in [7, 11) is 1.58. The second-order valence-corrected chi connectivity index (χ2v) is 5.38. The summed E-state index contributed by atoms with van der Waals surface area (Å²) in [5.74, 6) is -0.903. The van der Waals surface area contributed by atoms with Gasteiger partial charge in [0, 0.05) is 25.9 Å². The van der Waals surface area contributed by atoms with Gasteiger partial charge in [0.2, 0.25) is 11.8 Å². The topological polar surface area (TPSA) is 58.6 Å². The van der Waals surface area contributed by atoms with Gasteiger partial charge in [-0.05, 0) is 43.5 Å². The molecule has 114 valence electrons. The third kappa shape index (κ3) is 3.42. The van der Waals surface area contributed by atoms with E-state index in [2.05, 4.69) is 5.32 Å². The van der Waals surface area contributed by atoms with E-state index in [1.54, 1.807) is 12.0 Å². The summed E-state index contributed by atoms with van der Waals surface area (Å²) in [6, 6.07) is 5.94. The second kappa shape index (κ2) is 6.72. The largest absolute Gasteiger partial charge is 0.383 e. The van der Waals surface area contributed by atoms with Gasteiger partial charge in [-0.1, -0.05) is 6.07 Å². The molecule has 1 heterocycles. The zero-order valence-electron chi connectivity index (χ0n) is 12.8. The lowest BCUT2D eigenvalue weighted by Crippen LogP contribution is -2.38. The fraction of sp³-hybridized carbons (Fsp3) is 0.500. The number of aryl methyl sites for hydroxylation is 2. The maximum absolute atomic E-state index is 12.4. The highest BCUT2D eigenvalue weighted by Gasteiger charge is 2.37. The minimum Gasteiger partial charge on any atom is -0.383 e. The fourth-order valence-corrected chi connectivity index (χ4v) is 2.47. The molecule has 1 N–H and O–H groups in total. The van der Waals surface area contributed by atoms with Gasteiger partial charge < -0.3 is 15.0 Å². The lowest BCUT2D eigenvalue weighted by atomic mass is 10.1. The first kappa shape index (κ1) is 15.5. The smallest absolute Gasteiger partial charge is 0.239 e. The highest BCUT2D eigenvalue weighted by Crippen LogP contribution is 2.27. The van der Waals surface area contributed by atoms with E-state index in [1.165, 1.54) is 5.56 Å². The van der Waals surface area contributed by atoms with Gasteiger partial charge in [0.1, 0.15) is 5.92 Å². The molecule has 0 aromatic heterocycles. The monoisotopic (exact) mass is 290 g/mol. The molecule has 1 aromatic carbocycles. The van der Waals surface area contributed by atoms with Crippen molar-refractivity contribution in [3.63, 3.8) is 0 Å². The van der Waals surface area contributed by atoms with Crippen molar-refractivity contribution in [1.29, 1.82) is 0 Å². The average Bonchev–Trinajstić information content (AvgIpc) is 2.84. The molecule has 1 fully saturated rings. The van der Waals surface area contributed by atoms with E-state index < -0.39 is 5.92 Å². The minimum atomic E-state index is -0.580. The molecule has 1 aliphatic rings. The number of nitrogens with zero attached hydrogens (tertiary/aromatic N) is 1. The lowest BCUT2D eigenvalue weighted by molar-refractivity contribution is -0.132. The summed E-state index contributed by atoms with van der Waals surface area (Å²) in [6.45, 7) is 5.53. The molecule has 0 spiro atoms. The van der Waals surface area contributed by atoms with Crippen molar-refractivity contribution >= 4 is 17.5 Å². The quantitative estimate of drug-likeness (QED) is 0.659. The maximum Gasteiger partial charge on any atom is 0.239 e. The Bertz CT molecular complexity index is 542. The normalized spacial score (nSPS) is 18.1. The summed E-state index contributed by atoms with van der Waals surface area (Å²) in [4.78, 5) is 26.1. The molecule has 2 amide bonds. The molecular formula is C16H22N2O3. The average molecular weight is 290 g/mol. The number of nitrogens with one attached hydrogen (secondary N) is 1. The number of hydrogen-bond acceptors (Lipinski definition) is 3. The van der Waals surface area contributed by atoms with E-state index in [4.69, 9.17) is 4.74 Å². The molecule has 2 rings (SSSR count). The number of carbonyl (C=O) groups excluding carboxylic acids is 2. The molecular weight excluding hydrogens is 268 g/mol. The van der Waals surface area contributed by atoms with Crippen molar-refractivity contribution in [3.05, 3.63) is 29.3 Å². The van der Waals surface area contributed by atoms with E-state index in [1.807, 2.05) is 32.0 Å². The molecule has 5 nitrogen and oxygen atoms in total. The maximum atomic E-state index is 12.4. The van der Waals surface area contributed by atoms with Crippen molar-refractivity contribution in [3.8, 4) is 0 Å². The summed E-state index contributed by atoms with van der Waals surface area (Å²) < 4.78 is 4.89. The van der Waals surface area contributed by atoms with Crippen LogP contribution in [-0.2, 0) is 14.3 Å². The van der Waals surface area contributed by atoms with Crippen LogP contribution in [0.25, 0.3) is 0 Å². The van der Waals surface area contributed by atoms with Crippen LogP contribution in [0, 0.1) is 19.8 Å². The predicted molar refractivity (Wildman–Crippen MR) is 81.3 cm³/mol. The van der Waals surface area contributed by atoms with Crippen LogP contribution in [0.4, 0.5) is 5.69 Å². The summed E-state index contributed by atoms with van der Waals surface area (Å²) >= 11 is 0. The first-order valence-corrected chi connectivity index (χ1v) is 7.20. The molecule has 21 heavy (non-hydrogen) atoms. The molecule has 0 bridgehead atoms. The van der Waals surface area contributed by atoms with Gasteiger partial charge in [-0.25, -0.2) is 0 Å². The number of carbonyl (C=O) groups is 2. The number of hydrogen-bond donors (Lipinski definition) is 1. The lowest BCUT2D eigenvalue weighted by Gasteiger charge is -2.18. The third-order valence-electron chi connectivity index (χ3n) is 3.93. The van der Waals surface area contributed by atoms with E-state index >= 15 is 0 Å². The van der Waals surface area contributed by atoms with Gasteiger partial charge >= 0.3 is 0 Å². The molecule has 1 aromatic rings. The molecule has 5 heteroatoms. The van der Waals surface area contributed by atoms with E-state index in [-0.39, 0.29) is 11.8 Å². The zero-order chi connectivity index (χ0) is 15.4. The Labute approximate surface area is 125 Å². The Morgan fingerprint density at radius 2 is 2.14 bits per heavy atom. The predicted octanol–water partition coefficient (Wildman–Crippen LogP) is 1.42. The Morgan fingerprint density at radius 3 is 2.81 bits per heavy atom. The minimum absolute atomic E-state index is 0.117. The van der Waals surface area contributed by atoms with Gasteiger partial charge in [-0.2, -0.15) is 0 Å². The summed E-state index contributed by atoms with van der Waals surface area (Å²) in [5, 5.41) is 2.74. The summed E-state index contributed by atoms with van der Waals surface area (Å²) in [6.07, 6.45) is 0.560. The van der Waals surface area contributed by atoms with Crippen LogP contribution in [0.1, 0.15) is 17.5 Å². The van der Waals surface area contributed by atoms with Gasteiger partial charge in [-0.15, -0.1) is 0 Å². The molecule has 1 saturated heterocycles. The van der Waals surface area contributed by atoms with Gasteiger partial charge in [0.15, 0.2) is 0 Å². The standard InChI is InChI=1S/C16H22N2O3/c1-11-4-5-13(10-12(11)2)18-8-6-14(16(18)20)15(19)17-7-9-21-3/h4-5,10,14H,6-9H2,1-3H3,(H,17,19). The molecule has 1 aliphatic heterocycles. The second-order valence-electron chi connectivity index (χ2n) is 5.38. The third-order valence-corrected chi connectivity index (χ3v) is 3.93. The van der Waals surface area contributed by atoms with Crippen LogP contribution in [0.2, 0.25) is 0 Å². The van der Waals surface area contributed by atoms with Crippen LogP contribution in [0.15, 0.2) is 18.2 Å². The Balaban J connectivity index is 2.03. The van der Waals surface area contributed by atoms with Gasteiger partial charge in [-0.3, -0.25) is 9.59 Å². The van der Waals surface area contributed by atoms with Crippen molar-refractivity contribution in [1.82, 2.24) is 5.32 Å². The van der Waals surface area contributed by atoms with E-state index in [0.717, 1.165) is 11.3 Å². The number of ether oxygens (including phenoxy) is 1. The first-order chi connectivity index (χ1) is 10.0. The molecule has 1 atom stereocenters. The van der Waals surface area contributed by atoms with Crippen LogP contribution >= 0.6 is 0 Å². The van der Waals surface area contributed by atoms with Crippen molar-refractivity contribution in [2.24, 2.45) is 5.92 Å². The van der Waals surface area contributed by atoms with Crippen molar-refractivity contribution < 1.29 is 14.3 Å². The van der Waals surface area contributed by atoms with Crippen molar-refractivity contribution in [2.45, 2.75) is 20.3 Å². The highest BCUT2D eigenvalue weighted by atomic mass is 16.5. The van der Waals surface area contributed by atoms with E-state index in [9.17, 15) is 9.59 Å². The van der Waals surface area contributed by atoms with Crippen LogP contribution in [0.5, 0.6) is 0 Å². The Morgan fingerprint density at radius 1 is 1.38 bits per heavy atom. The Hall–Kier alpha value is -1.88. The number of methoxy groups -OCH3 is 1. The molecule has 0 radical (unpaired) electrons. The van der Waals surface area contributed by atoms with Crippen molar-refractivity contribution in [2.75, 3.05) is 31.7 Å². The van der Waals surface area contributed by atoms with E-state index in [0.29, 0.717) is 26.1 Å². The van der Waals surface area contributed by atoms with Crippen LogP contribution in [-0.4, -0.2) is 38.6 Å². The number of amides is 2. The highest BCUT2D eigenvalue weighted by molar-refractivity contribution is 6.09. The first-order valence-electron chi connectivity index (χ1n) is 7.20. The van der Waals surface area contributed by atoms with Gasteiger partial charge in [0.05, 0.1) is 6.61 Å². The SMILES string of the molecule is COCCNC(=O)C1CCN(c2ccc(C)c(C)c2)C1=O. The Kier molecular flexibility index (Phi) is 4.96. The zero-order valence-corrected chi connectivity index (χ0v) is 12.8. The molecule has 1 unspecified atom stereocenters.